The molecule has 0 fully saturated rings. The summed E-state index contributed by atoms with van der Waals surface area (Å²) in [6, 6.07) is 15.8. The number of nitrogens with zero attached hydrogens (tertiary/aromatic N) is 3. The highest BCUT2D eigenvalue weighted by atomic mass is 32.1. The number of ether oxygens (including phenoxy) is 1. The summed E-state index contributed by atoms with van der Waals surface area (Å²) in [4.78, 5) is 27.7. The fraction of sp³-hybridized carbons (Fsp3) is 0.259. The molecule has 2 aromatic carbocycles. The molecule has 35 heavy (non-hydrogen) atoms. The molecule has 1 amide bonds. The summed E-state index contributed by atoms with van der Waals surface area (Å²) in [5.41, 5.74) is 1.50. The molecule has 0 saturated carbocycles. The van der Waals surface area contributed by atoms with Gasteiger partial charge in [-0.05, 0) is 42.7 Å². The molecule has 1 aliphatic rings. The molecule has 1 aromatic heterocycles. The van der Waals surface area contributed by atoms with Crippen LogP contribution < -0.4 is 9.64 Å². The number of aliphatic hydroxyl groups is 1. The SMILES string of the molecule is CCCCCOc1ccc(C2C(C(=O)C=Cc3ccccc3)=C(O)C(=O)N2c2nnc(C)s2)cc1. The first-order valence-corrected chi connectivity index (χ1v) is 12.4. The first-order valence-electron chi connectivity index (χ1n) is 11.6. The second kappa shape index (κ2) is 11.1. The summed E-state index contributed by atoms with van der Waals surface area (Å²) in [7, 11) is 0. The Morgan fingerprint density at radius 2 is 1.86 bits per heavy atom. The van der Waals surface area contributed by atoms with E-state index in [1.165, 1.54) is 22.3 Å². The zero-order valence-corrected chi connectivity index (χ0v) is 20.5. The van der Waals surface area contributed by atoms with Gasteiger partial charge in [0.05, 0.1) is 18.2 Å². The number of carbonyl (C=O) groups is 2. The molecular weight excluding hydrogens is 462 g/mol. The van der Waals surface area contributed by atoms with Crippen molar-refractivity contribution in [3.05, 3.63) is 88.1 Å². The normalized spacial score (nSPS) is 15.9. The van der Waals surface area contributed by atoms with Crippen LogP contribution in [-0.4, -0.2) is 33.6 Å². The third kappa shape index (κ3) is 5.49. The second-order valence-corrected chi connectivity index (χ2v) is 9.34. The lowest BCUT2D eigenvalue weighted by Gasteiger charge is -2.24. The Balaban J connectivity index is 1.66. The third-order valence-corrected chi connectivity index (χ3v) is 6.47. The highest BCUT2D eigenvalue weighted by Gasteiger charge is 2.45. The second-order valence-electron chi connectivity index (χ2n) is 8.18. The zero-order chi connectivity index (χ0) is 24.8. The van der Waals surface area contributed by atoms with Gasteiger partial charge in [-0.2, -0.15) is 0 Å². The standard InChI is InChI=1S/C27H27N3O4S/c1-3-4-8-17-34-21-14-12-20(13-15-21)24-23(22(31)16-11-19-9-6-5-7-10-19)25(32)26(33)30(24)27-29-28-18(2)35-27/h5-7,9-16,24,32H,3-4,8,17H2,1-2H3. The van der Waals surface area contributed by atoms with Crippen molar-refractivity contribution in [3.8, 4) is 5.75 Å². The van der Waals surface area contributed by atoms with Crippen molar-refractivity contribution in [1.29, 1.82) is 0 Å². The van der Waals surface area contributed by atoms with Crippen LogP contribution in [0.15, 0.2) is 72.0 Å². The van der Waals surface area contributed by atoms with Gasteiger partial charge in [0.1, 0.15) is 10.8 Å². The van der Waals surface area contributed by atoms with Crippen LogP contribution in [-0.2, 0) is 9.59 Å². The van der Waals surface area contributed by atoms with Crippen LogP contribution in [0.4, 0.5) is 5.13 Å². The van der Waals surface area contributed by atoms with E-state index in [1.807, 2.05) is 42.5 Å². The monoisotopic (exact) mass is 489 g/mol. The lowest BCUT2D eigenvalue weighted by atomic mass is 9.95. The summed E-state index contributed by atoms with van der Waals surface area (Å²) in [5, 5.41) is 19.9. The molecule has 0 aliphatic carbocycles. The minimum absolute atomic E-state index is 0.00616. The Hall–Kier alpha value is -3.78. The van der Waals surface area contributed by atoms with Gasteiger partial charge in [0, 0.05) is 0 Å². The quantitative estimate of drug-likeness (QED) is 0.294. The van der Waals surface area contributed by atoms with Crippen molar-refractivity contribution in [1.82, 2.24) is 10.2 Å². The maximum absolute atomic E-state index is 13.3. The predicted molar refractivity (Wildman–Crippen MR) is 136 cm³/mol. The van der Waals surface area contributed by atoms with E-state index < -0.39 is 23.5 Å². The number of rotatable bonds is 10. The maximum Gasteiger partial charge on any atom is 0.296 e. The molecule has 180 valence electrons. The number of unbranched alkanes of at least 4 members (excludes halogenated alkanes) is 2. The highest BCUT2D eigenvalue weighted by molar-refractivity contribution is 7.15. The summed E-state index contributed by atoms with van der Waals surface area (Å²) in [5.74, 6) is -1.00. The average molecular weight is 490 g/mol. The van der Waals surface area contributed by atoms with Crippen LogP contribution in [0.3, 0.4) is 0 Å². The summed E-state index contributed by atoms with van der Waals surface area (Å²) >= 11 is 1.22. The molecule has 0 saturated heterocycles. The minimum atomic E-state index is -0.836. The molecule has 3 aromatic rings. The number of amides is 1. The fourth-order valence-electron chi connectivity index (χ4n) is 3.87. The predicted octanol–water partition coefficient (Wildman–Crippen LogP) is 5.60. The lowest BCUT2D eigenvalue weighted by Crippen LogP contribution is -2.30. The van der Waals surface area contributed by atoms with Gasteiger partial charge in [0.25, 0.3) is 5.91 Å². The van der Waals surface area contributed by atoms with Gasteiger partial charge in [0.15, 0.2) is 11.5 Å². The summed E-state index contributed by atoms with van der Waals surface area (Å²) < 4.78 is 5.80. The molecule has 1 unspecified atom stereocenters. The van der Waals surface area contributed by atoms with Crippen molar-refractivity contribution in [3.63, 3.8) is 0 Å². The van der Waals surface area contributed by atoms with E-state index in [0.717, 1.165) is 24.8 Å². The Bertz CT molecular complexity index is 1250. The number of benzene rings is 2. The number of hydrogen-bond acceptors (Lipinski definition) is 7. The Morgan fingerprint density at radius 3 is 2.51 bits per heavy atom. The van der Waals surface area contributed by atoms with Gasteiger partial charge < -0.3 is 9.84 Å². The fourth-order valence-corrected chi connectivity index (χ4v) is 4.58. The Kier molecular flexibility index (Phi) is 7.72. The van der Waals surface area contributed by atoms with Gasteiger partial charge in [-0.1, -0.05) is 79.6 Å². The molecule has 8 heteroatoms. The van der Waals surface area contributed by atoms with E-state index in [4.69, 9.17) is 4.74 Å². The molecule has 4 rings (SSSR count). The lowest BCUT2D eigenvalue weighted by molar-refractivity contribution is -0.117. The van der Waals surface area contributed by atoms with Gasteiger partial charge in [-0.3, -0.25) is 14.5 Å². The average Bonchev–Trinajstić information content (AvgIpc) is 3.41. The van der Waals surface area contributed by atoms with Crippen LogP contribution in [0.2, 0.25) is 0 Å². The molecule has 7 nitrogen and oxygen atoms in total. The summed E-state index contributed by atoms with van der Waals surface area (Å²) in [6.07, 6.45) is 6.23. The molecule has 0 radical (unpaired) electrons. The van der Waals surface area contributed by atoms with Crippen molar-refractivity contribution in [2.24, 2.45) is 0 Å². The first-order chi connectivity index (χ1) is 17.0. The maximum atomic E-state index is 13.3. The van der Waals surface area contributed by atoms with Crippen molar-refractivity contribution >= 4 is 34.2 Å². The van der Waals surface area contributed by atoms with Gasteiger partial charge in [0.2, 0.25) is 5.13 Å². The number of aryl methyl sites for hydroxylation is 1. The van der Waals surface area contributed by atoms with E-state index in [1.54, 1.807) is 25.1 Å². The largest absolute Gasteiger partial charge is 0.503 e. The molecule has 2 heterocycles. The number of aliphatic hydroxyl groups excluding tert-OH is 1. The zero-order valence-electron chi connectivity index (χ0n) is 19.7. The van der Waals surface area contributed by atoms with Crippen LogP contribution >= 0.6 is 11.3 Å². The molecule has 1 aliphatic heterocycles. The van der Waals surface area contributed by atoms with Gasteiger partial charge >= 0.3 is 0 Å². The topological polar surface area (TPSA) is 92.6 Å². The smallest absolute Gasteiger partial charge is 0.296 e. The number of carbonyl (C=O) groups excluding carboxylic acids is 2. The molecular formula is C27H27N3O4S. The number of hydrogen-bond donors (Lipinski definition) is 1. The number of allylic oxidation sites excluding steroid dienone is 1. The van der Waals surface area contributed by atoms with Gasteiger partial charge in [-0.15, -0.1) is 10.2 Å². The molecule has 1 N–H and O–H groups in total. The van der Waals surface area contributed by atoms with E-state index in [9.17, 15) is 14.7 Å². The van der Waals surface area contributed by atoms with E-state index in [0.29, 0.717) is 28.1 Å². The molecule has 1 atom stereocenters. The van der Waals surface area contributed by atoms with Crippen molar-refractivity contribution in [2.45, 2.75) is 39.2 Å². The van der Waals surface area contributed by atoms with Crippen molar-refractivity contribution < 1.29 is 19.4 Å². The number of anilines is 1. The number of ketones is 1. The van der Waals surface area contributed by atoms with E-state index in [2.05, 4.69) is 17.1 Å². The van der Waals surface area contributed by atoms with Crippen LogP contribution in [0.1, 0.15) is 48.4 Å². The number of aromatic nitrogens is 2. The minimum Gasteiger partial charge on any atom is -0.503 e. The van der Waals surface area contributed by atoms with Crippen LogP contribution in [0, 0.1) is 6.92 Å². The van der Waals surface area contributed by atoms with E-state index >= 15 is 0 Å². The Morgan fingerprint density at radius 1 is 1.11 bits per heavy atom. The van der Waals surface area contributed by atoms with Crippen molar-refractivity contribution in [2.75, 3.05) is 11.5 Å². The molecule has 0 bridgehead atoms. The van der Waals surface area contributed by atoms with Gasteiger partial charge in [-0.25, -0.2) is 0 Å². The highest BCUT2D eigenvalue weighted by Crippen LogP contribution is 2.42. The third-order valence-electron chi connectivity index (χ3n) is 5.63. The van der Waals surface area contributed by atoms with Crippen LogP contribution in [0.5, 0.6) is 5.75 Å². The first kappa shape index (κ1) is 24.3. The Labute approximate surface area is 208 Å². The molecule has 0 spiro atoms. The summed E-state index contributed by atoms with van der Waals surface area (Å²) in [6.45, 7) is 4.54. The van der Waals surface area contributed by atoms with E-state index in [-0.39, 0.29) is 5.57 Å². The van der Waals surface area contributed by atoms with Crippen LogP contribution in [0.25, 0.3) is 6.08 Å².